The molecule has 1 aromatic heterocycles. The number of pyridine rings is 1. The molecule has 186 valence electrons. The Bertz CT molecular complexity index is 1330. The van der Waals surface area contributed by atoms with E-state index in [0.717, 1.165) is 24.0 Å². The molecule has 0 spiro atoms. The molecule has 0 saturated carbocycles. The van der Waals surface area contributed by atoms with Crippen LogP contribution in [0.3, 0.4) is 0 Å². The Labute approximate surface area is 228 Å². The lowest BCUT2D eigenvalue weighted by Crippen LogP contribution is -2.52. The minimum absolute atomic E-state index is 0.0975. The maximum atomic E-state index is 13.8. The van der Waals surface area contributed by atoms with Crippen LogP contribution in [0.5, 0.6) is 0 Å². The van der Waals surface area contributed by atoms with Crippen molar-refractivity contribution in [2.75, 3.05) is 23.7 Å². The number of carbonyl (C=O) groups is 2. The fourth-order valence-electron chi connectivity index (χ4n) is 5.36. The molecule has 2 unspecified atom stereocenters. The van der Waals surface area contributed by atoms with Crippen LogP contribution in [0.1, 0.15) is 24.0 Å². The largest absolute Gasteiger partial charge is 0.325 e. The fourth-order valence-corrected chi connectivity index (χ4v) is 6.21. The average Bonchev–Trinajstić information content (AvgIpc) is 3.09. The molecule has 0 radical (unpaired) electrons. The number of nitrogens with one attached hydrogen (secondary N) is 2. The molecule has 1 saturated heterocycles. The zero-order chi connectivity index (χ0) is 25.4. The van der Waals surface area contributed by atoms with Gasteiger partial charge in [0.1, 0.15) is 10.3 Å². The van der Waals surface area contributed by atoms with Crippen LogP contribution in [0.2, 0.25) is 20.4 Å². The fraction of sp³-hybridized carbons (Fsp3) is 0.269. The monoisotopic (exact) mass is 562 g/mol. The maximum Gasteiger partial charge on any atom is 0.321 e. The number of hydrogen-bond acceptors (Lipinski definition) is 3. The summed E-state index contributed by atoms with van der Waals surface area (Å²) in [7, 11) is 0. The van der Waals surface area contributed by atoms with Crippen molar-refractivity contribution in [1.82, 2.24) is 9.88 Å². The van der Waals surface area contributed by atoms with Crippen molar-refractivity contribution in [2.45, 2.75) is 24.7 Å². The predicted octanol–water partition coefficient (Wildman–Crippen LogP) is 7.07. The highest BCUT2D eigenvalue weighted by atomic mass is 35.5. The summed E-state index contributed by atoms with van der Waals surface area (Å²) < 4.78 is 0. The molecule has 2 aliphatic heterocycles. The third-order valence-corrected chi connectivity index (χ3v) is 7.76. The maximum absolute atomic E-state index is 13.8. The van der Waals surface area contributed by atoms with Gasteiger partial charge in [0.15, 0.2) is 0 Å². The van der Waals surface area contributed by atoms with Gasteiger partial charge < -0.3 is 15.5 Å². The first kappa shape index (κ1) is 25.2. The third kappa shape index (κ3) is 4.88. The molecule has 36 heavy (non-hydrogen) atoms. The van der Waals surface area contributed by atoms with Gasteiger partial charge in [-0.15, -0.1) is 0 Å². The molecular formula is C26H22Cl4N4O2. The van der Waals surface area contributed by atoms with E-state index in [0.29, 0.717) is 40.9 Å². The van der Waals surface area contributed by atoms with Gasteiger partial charge in [0.2, 0.25) is 5.91 Å². The molecular weight excluding hydrogens is 542 g/mol. The minimum Gasteiger partial charge on any atom is -0.325 e. The molecule has 0 bridgehead atoms. The van der Waals surface area contributed by atoms with Gasteiger partial charge in [0.25, 0.3) is 0 Å². The number of nitrogens with zero attached hydrogens (tertiary/aromatic N) is 2. The normalized spacial score (nSPS) is 21.2. The van der Waals surface area contributed by atoms with Gasteiger partial charge in [-0.05, 0) is 72.7 Å². The van der Waals surface area contributed by atoms with Crippen LogP contribution in [-0.4, -0.2) is 34.9 Å². The van der Waals surface area contributed by atoms with E-state index in [1.54, 1.807) is 17.0 Å². The van der Waals surface area contributed by atoms with Crippen molar-refractivity contribution in [3.05, 3.63) is 86.1 Å². The van der Waals surface area contributed by atoms with Gasteiger partial charge in [0, 0.05) is 34.5 Å². The Morgan fingerprint density at radius 1 is 1.06 bits per heavy atom. The smallest absolute Gasteiger partial charge is 0.321 e. The SMILES string of the molecule is O=C(Nc1cc(Cl)nc(Cl)c1)N1CCCC(C2(Cc3cccc(Cl)c3)C(=O)Nc3cc(Cl)ccc32)C1. The van der Waals surface area contributed by atoms with Crippen molar-refractivity contribution in [2.24, 2.45) is 5.92 Å². The number of aromatic nitrogens is 1. The van der Waals surface area contributed by atoms with E-state index in [9.17, 15) is 9.59 Å². The Kier molecular flexibility index (Phi) is 7.05. The standard InChI is InChI=1S/C26H22Cl4N4O2/c27-17-5-1-3-15(9-17)13-26(20-7-6-18(28)10-21(20)32-24(26)35)16-4-2-8-34(14-16)25(36)31-19-11-22(29)33-23(30)12-19/h1,3,5-7,9-12,16H,2,4,8,13-14H2,(H,32,35)(H,31,33,36). The first-order chi connectivity index (χ1) is 17.2. The lowest BCUT2D eigenvalue weighted by atomic mass is 9.65. The van der Waals surface area contributed by atoms with E-state index in [2.05, 4.69) is 15.6 Å². The van der Waals surface area contributed by atoms with Crippen molar-refractivity contribution in [3.63, 3.8) is 0 Å². The van der Waals surface area contributed by atoms with Gasteiger partial charge in [-0.25, -0.2) is 9.78 Å². The summed E-state index contributed by atoms with van der Waals surface area (Å²) in [5.74, 6) is -0.234. The summed E-state index contributed by atoms with van der Waals surface area (Å²) in [5.41, 5.74) is 2.11. The lowest BCUT2D eigenvalue weighted by Gasteiger charge is -2.42. The van der Waals surface area contributed by atoms with Gasteiger partial charge in [-0.2, -0.15) is 0 Å². The molecule has 10 heteroatoms. The highest BCUT2D eigenvalue weighted by Gasteiger charge is 2.53. The van der Waals surface area contributed by atoms with E-state index in [1.807, 2.05) is 30.3 Å². The van der Waals surface area contributed by atoms with Crippen LogP contribution >= 0.6 is 46.4 Å². The van der Waals surface area contributed by atoms with Crippen molar-refractivity contribution in [3.8, 4) is 0 Å². The third-order valence-electron chi connectivity index (χ3n) is 6.91. The molecule has 1 fully saturated rings. The number of anilines is 2. The summed E-state index contributed by atoms with van der Waals surface area (Å²) in [6, 6.07) is 15.8. The number of fused-ring (bicyclic) bond motifs is 1. The molecule has 2 N–H and O–H groups in total. The second-order valence-electron chi connectivity index (χ2n) is 9.14. The minimum atomic E-state index is -0.882. The molecule has 5 rings (SSSR count). The first-order valence-electron chi connectivity index (χ1n) is 11.5. The van der Waals surface area contributed by atoms with Crippen molar-refractivity contribution < 1.29 is 9.59 Å². The molecule has 6 nitrogen and oxygen atoms in total. The van der Waals surface area contributed by atoms with E-state index in [4.69, 9.17) is 46.4 Å². The summed E-state index contributed by atoms with van der Waals surface area (Å²) in [5, 5.41) is 7.43. The Balaban J connectivity index is 1.48. The van der Waals surface area contributed by atoms with Crippen LogP contribution < -0.4 is 10.6 Å². The predicted molar refractivity (Wildman–Crippen MR) is 144 cm³/mol. The second kappa shape index (κ2) is 10.1. The number of halogens is 4. The molecule has 2 atom stereocenters. The van der Waals surface area contributed by atoms with E-state index < -0.39 is 5.41 Å². The summed E-state index contributed by atoms with van der Waals surface area (Å²) >= 11 is 24.5. The van der Waals surface area contributed by atoms with Gasteiger partial charge in [-0.3, -0.25) is 4.79 Å². The Morgan fingerprint density at radius 2 is 1.81 bits per heavy atom. The molecule has 3 aromatic rings. The molecule has 2 aliphatic rings. The van der Waals surface area contributed by atoms with Gasteiger partial charge in [0.05, 0.1) is 5.41 Å². The molecule has 0 aliphatic carbocycles. The number of urea groups is 1. The van der Waals surface area contributed by atoms with Crippen molar-refractivity contribution >= 4 is 69.7 Å². The Morgan fingerprint density at radius 3 is 2.56 bits per heavy atom. The van der Waals surface area contributed by atoms with E-state index in [-0.39, 0.29) is 28.2 Å². The highest BCUT2D eigenvalue weighted by molar-refractivity contribution is 6.33. The lowest BCUT2D eigenvalue weighted by molar-refractivity contribution is -0.123. The summed E-state index contributed by atoms with van der Waals surface area (Å²) in [6.45, 7) is 0.964. The summed E-state index contributed by atoms with van der Waals surface area (Å²) in [4.78, 5) is 32.6. The summed E-state index contributed by atoms with van der Waals surface area (Å²) in [6.07, 6.45) is 1.99. The second-order valence-corrected chi connectivity index (χ2v) is 10.8. The number of likely N-dealkylation sites (tertiary alicyclic amines) is 1. The van der Waals surface area contributed by atoms with Crippen molar-refractivity contribution in [1.29, 1.82) is 0 Å². The number of amides is 3. The van der Waals surface area contributed by atoms with Crippen LogP contribution in [0, 0.1) is 5.92 Å². The quantitative estimate of drug-likeness (QED) is 0.333. The van der Waals surface area contributed by atoms with E-state index in [1.165, 1.54) is 12.1 Å². The number of piperidine rings is 1. The number of rotatable bonds is 4. The highest BCUT2D eigenvalue weighted by Crippen LogP contribution is 2.49. The molecule has 3 amide bonds. The number of hydrogen-bond donors (Lipinski definition) is 2. The van der Waals surface area contributed by atoms with Gasteiger partial charge >= 0.3 is 6.03 Å². The number of carbonyl (C=O) groups excluding carboxylic acids is 2. The zero-order valence-electron chi connectivity index (χ0n) is 19.0. The molecule has 3 heterocycles. The zero-order valence-corrected chi connectivity index (χ0v) is 22.1. The topological polar surface area (TPSA) is 74.3 Å². The molecule has 2 aromatic carbocycles. The first-order valence-corrected chi connectivity index (χ1v) is 13.0. The van der Waals surface area contributed by atoms with E-state index >= 15 is 0 Å². The average molecular weight is 564 g/mol. The van der Waals surface area contributed by atoms with Crippen LogP contribution in [0.25, 0.3) is 0 Å². The van der Waals surface area contributed by atoms with Gasteiger partial charge in [-0.1, -0.05) is 64.6 Å². The van der Waals surface area contributed by atoms with Crippen LogP contribution in [0.15, 0.2) is 54.6 Å². The Hall–Kier alpha value is -2.51. The number of benzene rings is 2. The van der Waals surface area contributed by atoms with Crippen LogP contribution in [0.4, 0.5) is 16.2 Å². The van der Waals surface area contributed by atoms with Crippen LogP contribution in [-0.2, 0) is 16.6 Å².